The van der Waals surface area contributed by atoms with E-state index < -0.39 is 33.9 Å². The molecule has 3 rings (SSSR count). The summed E-state index contributed by atoms with van der Waals surface area (Å²) in [5, 5.41) is 18.7. The summed E-state index contributed by atoms with van der Waals surface area (Å²) in [6.07, 6.45) is 0.984. The van der Waals surface area contributed by atoms with Gasteiger partial charge in [-0.2, -0.15) is 0 Å². The molecule has 39 heavy (non-hydrogen) atoms. The van der Waals surface area contributed by atoms with Gasteiger partial charge in [0.05, 0.1) is 16.7 Å². The maximum Gasteiger partial charge on any atom is 0.320 e. The van der Waals surface area contributed by atoms with Crippen molar-refractivity contribution in [2.45, 2.75) is 55.6 Å². The van der Waals surface area contributed by atoms with E-state index in [0.29, 0.717) is 25.9 Å². The first-order valence-electron chi connectivity index (χ1n) is 13.2. The van der Waals surface area contributed by atoms with Gasteiger partial charge >= 0.3 is 12.0 Å². The molecule has 1 fully saturated rings. The number of aliphatic carboxylic acids is 1. The fourth-order valence-electron chi connectivity index (χ4n) is 4.70. The zero-order chi connectivity index (χ0) is 28.4. The van der Waals surface area contributed by atoms with Crippen LogP contribution in [0.4, 0.5) is 4.79 Å². The third-order valence-electron chi connectivity index (χ3n) is 6.94. The van der Waals surface area contributed by atoms with Crippen molar-refractivity contribution in [1.82, 2.24) is 20.9 Å². The van der Waals surface area contributed by atoms with Crippen LogP contribution >= 0.6 is 0 Å². The van der Waals surface area contributed by atoms with Gasteiger partial charge < -0.3 is 20.6 Å². The van der Waals surface area contributed by atoms with Crippen LogP contribution in [0.5, 0.6) is 0 Å². The van der Waals surface area contributed by atoms with Crippen LogP contribution in [0.15, 0.2) is 59.5 Å². The number of aryl methyl sites for hydroxylation is 2. The average molecular weight is 559 g/mol. The number of Topliss-reactive ketones (excluding diaryl/α,β-unsaturated/α-hetero) is 1. The third-order valence-corrected chi connectivity index (χ3v) is 8.76. The molecule has 2 aromatic carbocycles. The molecule has 0 unspecified atom stereocenters. The minimum atomic E-state index is -3.57. The van der Waals surface area contributed by atoms with Crippen molar-refractivity contribution in [1.29, 1.82) is 0 Å². The van der Waals surface area contributed by atoms with E-state index in [1.54, 1.807) is 24.3 Å². The number of nitrogens with zero attached hydrogens (tertiary/aromatic N) is 1. The van der Waals surface area contributed by atoms with Crippen LogP contribution < -0.4 is 16.0 Å². The van der Waals surface area contributed by atoms with Gasteiger partial charge in [0.1, 0.15) is 12.1 Å². The van der Waals surface area contributed by atoms with Crippen LogP contribution in [0.3, 0.4) is 0 Å². The number of amides is 2. The van der Waals surface area contributed by atoms with Gasteiger partial charge in [-0.1, -0.05) is 48.0 Å². The van der Waals surface area contributed by atoms with Crippen LogP contribution in [0.2, 0.25) is 0 Å². The van der Waals surface area contributed by atoms with E-state index in [0.717, 1.165) is 11.1 Å². The largest absolute Gasteiger partial charge is 0.480 e. The number of nitrogens with one attached hydrogen (secondary N) is 3. The molecule has 1 aliphatic rings. The summed E-state index contributed by atoms with van der Waals surface area (Å²) in [6, 6.07) is 13.0. The highest BCUT2D eigenvalue weighted by atomic mass is 32.2. The van der Waals surface area contributed by atoms with Crippen molar-refractivity contribution < 1.29 is 27.9 Å². The molecule has 10 nitrogen and oxygen atoms in total. The molecule has 3 atom stereocenters. The van der Waals surface area contributed by atoms with Crippen molar-refractivity contribution in [3.05, 3.63) is 65.7 Å². The summed E-state index contributed by atoms with van der Waals surface area (Å²) in [5.74, 6) is -1.65. The molecule has 11 heteroatoms. The fraction of sp³-hybridized carbons (Fsp3) is 0.464. The van der Waals surface area contributed by atoms with E-state index in [1.165, 1.54) is 11.9 Å². The van der Waals surface area contributed by atoms with Crippen molar-refractivity contribution in [3.63, 3.8) is 0 Å². The number of rotatable bonds is 13. The third kappa shape index (κ3) is 8.61. The Balaban J connectivity index is 1.74. The number of benzene rings is 2. The van der Waals surface area contributed by atoms with Gasteiger partial charge in [-0.3, -0.25) is 14.9 Å². The van der Waals surface area contributed by atoms with E-state index >= 15 is 0 Å². The molecule has 1 saturated heterocycles. The highest BCUT2D eigenvalue weighted by molar-refractivity contribution is 7.91. The van der Waals surface area contributed by atoms with E-state index in [-0.39, 0.29) is 41.8 Å². The number of urea groups is 1. The number of ketones is 1. The summed E-state index contributed by atoms with van der Waals surface area (Å²) in [7, 11) is -2.07. The highest BCUT2D eigenvalue weighted by Gasteiger charge is 2.37. The summed E-state index contributed by atoms with van der Waals surface area (Å²) in [5.41, 5.74) is 1.94. The molecule has 212 valence electrons. The number of carboxylic acids is 1. The molecule has 2 amide bonds. The zero-order valence-corrected chi connectivity index (χ0v) is 23.2. The second-order valence-electron chi connectivity index (χ2n) is 9.78. The van der Waals surface area contributed by atoms with E-state index in [1.807, 2.05) is 37.3 Å². The molecular weight excluding hydrogens is 520 g/mol. The predicted octanol–water partition coefficient (Wildman–Crippen LogP) is 1.78. The first-order chi connectivity index (χ1) is 18.6. The molecule has 0 aliphatic carbocycles. The lowest BCUT2D eigenvalue weighted by atomic mass is 9.95. The Labute approximate surface area is 230 Å². The fourth-order valence-corrected chi connectivity index (χ4v) is 6.04. The molecule has 1 aliphatic heterocycles. The zero-order valence-electron chi connectivity index (χ0n) is 22.4. The predicted molar refractivity (Wildman–Crippen MR) is 148 cm³/mol. The lowest BCUT2D eigenvalue weighted by Crippen LogP contribution is -2.62. The van der Waals surface area contributed by atoms with Gasteiger partial charge in [0.25, 0.3) is 0 Å². The Kier molecular flexibility index (Phi) is 11.0. The normalized spacial score (nSPS) is 17.3. The van der Waals surface area contributed by atoms with E-state index in [2.05, 4.69) is 16.0 Å². The lowest BCUT2D eigenvalue weighted by molar-refractivity contribution is -0.140. The van der Waals surface area contributed by atoms with Crippen LogP contribution in [0, 0.1) is 6.92 Å². The summed E-state index contributed by atoms with van der Waals surface area (Å²) in [6.45, 7) is 3.03. The summed E-state index contributed by atoms with van der Waals surface area (Å²) >= 11 is 0. The van der Waals surface area contributed by atoms with E-state index in [9.17, 15) is 27.9 Å². The molecule has 0 saturated carbocycles. The monoisotopic (exact) mass is 558 g/mol. The number of carbonyl (C=O) groups is 3. The second kappa shape index (κ2) is 14.2. The molecule has 1 heterocycles. The molecule has 0 spiro atoms. The molecule has 0 aromatic heterocycles. The molecular formula is C28H38N4O6S. The van der Waals surface area contributed by atoms with Crippen LogP contribution in [0.25, 0.3) is 0 Å². The maximum absolute atomic E-state index is 13.7. The number of hydrogen-bond donors (Lipinski definition) is 4. The van der Waals surface area contributed by atoms with Gasteiger partial charge in [0.15, 0.2) is 15.6 Å². The Morgan fingerprint density at radius 2 is 1.74 bits per heavy atom. The number of carboxylic acid groups (broad SMARTS) is 1. The Hall–Kier alpha value is -3.28. The Morgan fingerprint density at radius 1 is 1.05 bits per heavy atom. The molecule has 0 bridgehead atoms. The minimum Gasteiger partial charge on any atom is -0.480 e. The number of sulfone groups is 1. The molecule has 0 radical (unpaired) electrons. The van der Waals surface area contributed by atoms with Crippen LogP contribution in [-0.2, 0) is 25.8 Å². The van der Waals surface area contributed by atoms with Crippen molar-refractivity contribution in [3.8, 4) is 0 Å². The SMILES string of the molecule is CNC(=O)N1CCNC[C@H]1C(=O)[C@H](CCc1ccccc1)N[C@H](CCCS(=O)(=O)c1ccc(C)cc1)C(=O)O. The topological polar surface area (TPSA) is 145 Å². The minimum absolute atomic E-state index is 0.0254. The first kappa shape index (κ1) is 30.3. The molecule has 4 N–H and O–H groups in total. The number of carbonyl (C=O) groups excluding carboxylic acids is 2. The second-order valence-corrected chi connectivity index (χ2v) is 11.9. The quantitative estimate of drug-likeness (QED) is 0.291. The Morgan fingerprint density at radius 3 is 2.38 bits per heavy atom. The van der Waals surface area contributed by atoms with Crippen LogP contribution in [0.1, 0.15) is 30.4 Å². The van der Waals surface area contributed by atoms with Crippen molar-refractivity contribution >= 4 is 27.6 Å². The van der Waals surface area contributed by atoms with Gasteiger partial charge in [0.2, 0.25) is 0 Å². The van der Waals surface area contributed by atoms with Gasteiger partial charge in [-0.05, 0) is 50.3 Å². The highest BCUT2D eigenvalue weighted by Crippen LogP contribution is 2.17. The van der Waals surface area contributed by atoms with Gasteiger partial charge in [-0.15, -0.1) is 0 Å². The Bertz CT molecular complexity index is 1220. The number of hydrogen-bond acceptors (Lipinski definition) is 7. The summed E-state index contributed by atoms with van der Waals surface area (Å²) in [4.78, 5) is 40.0. The molecule has 2 aromatic rings. The van der Waals surface area contributed by atoms with Crippen molar-refractivity contribution in [2.75, 3.05) is 32.4 Å². The standard InChI is InChI=1S/C28H38N4O6S/c1-20-10-13-22(14-11-20)39(37,38)18-6-9-24(27(34)35)31-23(15-12-21-7-4-3-5-8-21)26(33)25-19-30-16-17-32(25)28(36)29-2/h3-5,7-8,10-11,13-14,23-25,30-31H,6,9,12,15-19H2,1-2H3,(H,29,36)(H,34,35)/t23-,24+,25-/m0/s1. The van der Waals surface area contributed by atoms with Gasteiger partial charge in [-0.25, -0.2) is 13.2 Å². The van der Waals surface area contributed by atoms with E-state index in [4.69, 9.17) is 0 Å². The smallest absolute Gasteiger partial charge is 0.320 e. The maximum atomic E-state index is 13.7. The first-order valence-corrected chi connectivity index (χ1v) is 14.8. The van der Waals surface area contributed by atoms with Gasteiger partial charge in [0, 0.05) is 26.7 Å². The number of piperazine rings is 1. The summed E-state index contributed by atoms with van der Waals surface area (Å²) < 4.78 is 25.5. The van der Waals surface area contributed by atoms with Crippen LogP contribution in [-0.4, -0.2) is 86.8 Å². The average Bonchev–Trinajstić information content (AvgIpc) is 2.94. The lowest BCUT2D eigenvalue weighted by Gasteiger charge is -2.37. The van der Waals surface area contributed by atoms with Crippen molar-refractivity contribution in [2.24, 2.45) is 0 Å².